The number of aliphatic carboxylic acids is 1. The fourth-order valence-electron chi connectivity index (χ4n) is 1.08. The first-order chi connectivity index (χ1) is 8.00. The van der Waals surface area contributed by atoms with E-state index in [2.05, 4.69) is 10.3 Å². The number of aliphatic hydroxyl groups is 1. The van der Waals surface area contributed by atoms with Crippen LogP contribution in [0.5, 0.6) is 0 Å². The molecule has 0 saturated carbocycles. The Kier molecular flexibility index (Phi) is 4.41. The van der Waals surface area contributed by atoms with E-state index >= 15 is 0 Å². The maximum atomic E-state index is 11.5. The Labute approximate surface area is 97.3 Å². The van der Waals surface area contributed by atoms with Crippen LogP contribution in [0.15, 0.2) is 18.3 Å². The third kappa shape index (κ3) is 4.07. The third-order valence-corrected chi connectivity index (χ3v) is 2.01. The summed E-state index contributed by atoms with van der Waals surface area (Å²) in [6.07, 6.45) is -0.188. The second-order valence-corrected chi connectivity index (χ2v) is 3.38. The first kappa shape index (κ1) is 12.9. The van der Waals surface area contributed by atoms with Crippen LogP contribution in [0.2, 0.25) is 0 Å². The molecule has 1 aromatic rings. The number of rotatable bonds is 5. The molecule has 0 aliphatic rings. The summed E-state index contributed by atoms with van der Waals surface area (Å²) in [5.74, 6) is -1.76. The van der Waals surface area contributed by atoms with E-state index in [1.54, 1.807) is 0 Å². The fraction of sp³-hybridized carbons (Fsp3) is 0.300. The quantitative estimate of drug-likeness (QED) is 0.534. The number of nitrogen functional groups attached to an aromatic ring is 1. The summed E-state index contributed by atoms with van der Waals surface area (Å²) in [4.78, 5) is 25.6. The lowest BCUT2D eigenvalue weighted by Crippen LogP contribution is -2.30. The predicted molar refractivity (Wildman–Crippen MR) is 59.2 cm³/mol. The Morgan fingerprint density at radius 3 is 2.71 bits per heavy atom. The molecule has 1 rings (SSSR count). The summed E-state index contributed by atoms with van der Waals surface area (Å²) in [5, 5.41) is 19.8. The smallest absolute Gasteiger partial charge is 0.332 e. The summed E-state index contributed by atoms with van der Waals surface area (Å²) in [6.45, 7) is 0.0539. The number of nitrogens with two attached hydrogens (primary N) is 1. The van der Waals surface area contributed by atoms with Crippen molar-refractivity contribution in [1.29, 1.82) is 0 Å². The first-order valence-electron chi connectivity index (χ1n) is 4.91. The van der Waals surface area contributed by atoms with Crippen LogP contribution in [-0.4, -0.2) is 39.7 Å². The molecule has 1 atom stereocenters. The van der Waals surface area contributed by atoms with Crippen LogP contribution in [0.25, 0.3) is 0 Å². The predicted octanol–water partition coefficient (Wildman–Crippen LogP) is -0.771. The monoisotopic (exact) mass is 239 g/mol. The maximum Gasteiger partial charge on any atom is 0.332 e. The highest BCUT2D eigenvalue weighted by atomic mass is 16.4. The Balaban J connectivity index is 2.40. The number of aromatic nitrogens is 1. The van der Waals surface area contributed by atoms with Crippen molar-refractivity contribution in [3.8, 4) is 0 Å². The van der Waals surface area contributed by atoms with Gasteiger partial charge in [-0.15, -0.1) is 0 Å². The number of amides is 1. The SMILES string of the molecule is Nc1ccc(C(=O)NCCC(O)C(=O)O)nc1. The van der Waals surface area contributed by atoms with E-state index in [-0.39, 0.29) is 18.7 Å². The zero-order valence-corrected chi connectivity index (χ0v) is 8.96. The molecule has 0 fully saturated rings. The minimum atomic E-state index is -1.48. The molecule has 0 bridgehead atoms. The van der Waals surface area contributed by atoms with Gasteiger partial charge in [0.25, 0.3) is 5.91 Å². The Hall–Kier alpha value is -2.15. The van der Waals surface area contributed by atoms with Gasteiger partial charge in [-0.05, 0) is 12.1 Å². The summed E-state index contributed by atoms with van der Waals surface area (Å²) in [7, 11) is 0. The van der Waals surface area contributed by atoms with E-state index in [1.807, 2.05) is 0 Å². The number of carboxylic acid groups (broad SMARTS) is 1. The Morgan fingerprint density at radius 1 is 1.47 bits per heavy atom. The van der Waals surface area contributed by atoms with Crippen LogP contribution in [0.1, 0.15) is 16.9 Å². The van der Waals surface area contributed by atoms with Crippen LogP contribution in [0.3, 0.4) is 0 Å². The summed E-state index contributed by atoms with van der Waals surface area (Å²) in [5.41, 5.74) is 6.04. The van der Waals surface area contributed by atoms with Crippen molar-refractivity contribution in [3.05, 3.63) is 24.0 Å². The Bertz CT molecular complexity index is 405. The van der Waals surface area contributed by atoms with Crippen molar-refractivity contribution in [2.24, 2.45) is 0 Å². The number of carbonyl (C=O) groups is 2. The molecule has 1 heterocycles. The van der Waals surface area contributed by atoms with Gasteiger partial charge in [-0.25, -0.2) is 9.78 Å². The van der Waals surface area contributed by atoms with Gasteiger partial charge in [0.05, 0.1) is 11.9 Å². The Morgan fingerprint density at radius 2 is 2.18 bits per heavy atom. The topological polar surface area (TPSA) is 126 Å². The lowest BCUT2D eigenvalue weighted by Gasteiger charge is -2.06. The highest BCUT2D eigenvalue weighted by molar-refractivity contribution is 5.92. The van der Waals surface area contributed by atoms with Crippen molar-refractivity contribution < 1.29 is 19.8 Å². The molecule has 0 aliphatic carbocycles. The van der Waals surface area contributed by atoms with E-state index < -0.39 is 18.0 Å². The van der Waals surface area contributed by atoms with Gasteiger partial charge in [0.1, 0.15) is 5.69 Å². The van der Waals surface area contributed by atoms with E-state index in [4.69, 9.17) is 15.9 Å². The minimum absolute atomic E-state index is 0.0539. The zero-order chi connectivity index (χ0) is 12.8. The number of hydrogen-bond donors (Lipinski definition) is 4. The number of pyridine rings is 1. The molecular formula is C10H13N3O4. The van der Waals surface area contributed by atoms with Crippen LogP contribution in [0.4, 0.5) is 5.69 Å². The molecule has 0 aromatic carbocycles. The van der Waals surface area contributed by atoms with E-state index in [0.717, 1.165) is 0 Å². The third-order valence-electron chi connectivity index (χ3n) is 2.01. The highest BCUT2D eigenvalue weighted by Gasteiger charge is 2.13. The molecule has 0 spiro atoms. The van der Waals surface area contributed by atoms with Gasteiger partial charge < -0.3 is 21.3 Å². The largest absolute Gasteiger partial charge is 0.479 e. The van der Waals surface area contributed by atoms with Gasteiger partial charge in [0.15, 0.2) is 6.10 Å². The fourth-order valence-corrected chi connectivity index (χ4v) is 1.08. The van der Waals surface area contributed by atoms with Gasteiger partial charge in [-0.1, -0.05) is 0 Å². The normalized spacial score (nSPS) is 11.8. The van der Waals surface area contributed by atoms with Crippen LogP contribution in [-0.2, 0) is 4.79 Å². The lowest BCUT2D eigenvalue weighted by molar-refractivity contribution is -0.146. The minimum Gasteiger partial charge on any atom is -0.479 e. The molecule has 7 nitrogen and oxygen atoms in total. The molecular weight excluding hydrogens is 226 g/mol. The summed E-state index contributed by atoms with van der Waals surface area (Å²) in [6, 6.07) is 2.99. The molecule has 92 valence electrons. The highest BCUT2D eigenvalue weighted by Crippen LogP contribution is 2.00. The number of hydrogen-bond acceptors (Lipinski definition) is 5. The molecule has 0 aliphatic heterocycles. The second-order valence-electron chi connectivity index (χ2n) is 3.38. The van der Waals surface area contributed by atoms with E-state index in [0.29, 0.717) is 5.69 Å². The van der Waals surface area contributed by atoms with Gasteiger partial charge in [0.2, 0.25) is 0 Å². The first-order valence-corrected chi connectivity index (χ1v) is 4.91. The number of aliphatic hydroxyl groups excluding tert-OH is 1. The van der Waals surface area contributed by atoms with E-state index in [9.17, 15) is 9.59 Å². The van der Waals surface area contributed by atoms with E-state index in [1.165, 1.54) is 18.3 Å². The van der Waals surface area contributed by atoms with Crippen molar-refractivity contribution in [3.63, 3.8) is 0 Å². The van der Waals surface area contributed by atoms with Gasteiger partial charge >= 0.3 is 5.97 Å². The van der Waals surface area contributed by atoms with Gasteiger partial charge in [-0.3, -0.25) is 4.79 Å². The zero-order valence-electron chi connectivity index (χ0n) is 8.96. The molecule has 1 unspecified atom stereocenters. The van der Waals surface area contributed by atoms with Gasteiger partial charge in [0, 0.05) is 13.0 Å². The van der Waals surface area contributed by atoms with Gasteiger partial charge in [-0.2, -0.15) is 0 Å². The molecule has 1 amide bonds. The number of nitrogens with zero attached hydrogens (tertiary/aromatic N) is 1. The number of carboxylic acids is 1. The molecule has 7 heteroatoms. The molecule has 0 saturated heterocycles. The van der Waals surface area contributed by atoms with Crippen molar-refractivity contribution >= 4 is 17.6 Å². The maximum absolute atomic E-state index is 11.5. The second kappa shape index (κ2) is 5.80. The molecule has 17 heavy (non-hydrogen) atoms. The van der Waals surface area contributed by atoms with Crippen molar-refractivity contribution in [1.82, 2.24) is 10.3 Å². The molecule has 5 N–H and O–H groups in total. The van der Waals surface area contributed by atoms with Crippen molar-refractivity contribution in [2.75, 3.05) is 12.3 Å². The molecule has 1 aromatic heterocycles. The lowest BCUT2D eigenvalue weighted by atomic mass is 10.2. The van der Waals surface area contributed by atoms with Crippen molar-refractivity contribution in [2.45, 2.75) is 12.5 Å². The average molecular weight is 239 g/mol. The van der Waals surface area contributed by atoms with Crippen LogP contribution in [0, 0.1) is 0 Å². The number of anilines is 1. The molecule has 0 radical (unpaired) electrons. The average Bonchev–Trinajstić information content (AvgIpc) is 2.29. The number of nitrogens with one attached hydrogen (secondary N) is 1. The summed E-state index contributed by atoms with van der Waals surface area (Å²) < 4.78 is 0. The standard InChI is InChI=1S/C10H13N3O4/c11-6-1-2-7(13-5-6)9(15)12-4-3-8(14)10(16)17/h1-2,5,8,14H,3-4,11H2,(H,12,15)(H,16,17). The van der Waals surface area contributed by atoms with Crippen LogP contribution < -0.4 is 11.1 Å². The van der Waals surface area contributed by atoms with Crippen LogP contribution >= 0.6 is 0 Å². The summed E-state index contributed by atoms with van der Waals surface area (Å²) >= 11 is 0. The number of carbonyl (C=O) groups excluding carboxylic acids is 1.